The standard InChI is InChI=1S/C23H20Cl2N4O5S/c1-15(17-10-12-19(13-11-17)29(31)32)26-27-23(30)18-8-6-16(7-9-18)14-28(35(2,33)34)21-5-3-4-20(24)22(21)25/h3-13H,14H2,1-2H3,(H,27,30)/b26-15-. The van der Waals surface area contributed by atoms with Crippen molar-refractivity contribution >= 4 is 56.2 Å². The van der Waals surface area contributed by atoms with Gasteiger partial charge in [0.15, 0.2) is 0 Å². The first-order valence-electron chi connectivity index (χ1n) is 10.1. The minimum absolute atomic E-state index is 0.0157. The molecule has 0 saturated heterocycles. The molecule has 0 fully saturated rings. The summed E-state index contributed by atoms with van der Waals surface area (Å²) in [5.41, 5.74) is 4.65. The van der Waals surface area contributed by atoms with Crippen LogP contribution in [0, 0.1) is 10.1 Å². The summed E-state index contributed by atoms with van der Waals surface area (Å²) in [5.74, 6) is -0.476. The van der Waals surface area contributed by atoms with E-state index in [9.17, 15) is 23.3 Å². The van der Waals surface area contributed by atoms with E-state index >= 15 is 0 Å². The molecular formula is C23H20Cl2N4O5S. The van der Waals surface area contributed by atoms with Gasteiger partial charge in [-0.15, -0.1) is 0 Å². The third-order valence-electron chi connectivity index (χ3n) is 4.96. The second-order valence-corrected chi connectivity index (χ2v) is 10.2. The van der Waals surface area contributed by atoms with E-state index in [0.717, 1.165) is 10.6 Å². The summed E-state index contributed by atoms with van der Waals surface area (Å²) < 4.78 is 25.9. The average Bonchev–Trinajstić information content (AvgIpc) is 2.82. The molecule has 0 unspecified atom stereocenters. The number of carbonyl (C=O) groups excluding carboxylic acids is 1. The first-order valence-corrected chi connectivity index (χ1v) is 12.7. The Morgan fingerprint density at radius 2 is 1.63 bits per heavy atom. The molecule has 3 aromatic rings. The minimum atomic E-state index is -3.68. The van der Waals surface area contributed by atoms with Gasteiger partial charge in [0.25, 0.3) is 11.6 Å². The van der Waals surface area contributed by atoms with E-state index in [1.807, 2.05) is 0 Å². The molecule has 0 aliphatic rings. The van der Waals surface area contributed by atoms with E-state index in [1.165, 1.54) is 24.3 Å². The van der Waals surface area contributed by atoms with Crippen molar-refractivity contribution in [2.24, 2.45) is 5.10 Å². The van der Waals surface area contributed by atoms with Gasteiger partial charge in [-0.25, -0.2) is 13.8 Å². The zero-order valence-corrected chi connectivity index (χ0v) is 20.9. The molecule has 0 aliphatic heterocycles. The largest absolute Gasteiger partial charge is 0.271 e. The first-order chi connectivity index (χ1) is 16.5. The molecule has 1 N–H and O–H groups in total. The van der Waals surface area contributed by atoms with Crippen molar-refractivity contribution in [2.75, 3.05) is 10.6 Å². The molecule has 3 rings (SSSR count). The van der Waals surface area contributed by atoms with Crippen LogP contribution >= 0.6 is 23.2 Å². The van der Waals surface area contributed by atoms with Crippen LogP contribution in [0.5, 0.6) is 0 Å². The lowest BCUT2D eigenvalue weighted by atomic mass is 10.1. The molecule has 3 aromatic carbocycles. The van der Waals surface area contributed by atoms with Gasteiger partial charge < -0.3 is 0 Å². The Hall–Kier alpha value is -3.47. The molecule has 0 bridgehead atoms. The highest BCUT2D eigenvalue weighted by Crippen LogP contribution is 2.34. The van der Waals surface area contributed by atoms with E-state index in [-0.39, 0.29) is 28.0 Å². The maximum atomic E-state index is 12.5. The number of nitrogens with one attached hydrogen (secondary N) is 1. The van der Waals surface area contributed by atoms with Crippen LogP contribution in [0.25, 0.3) is 0 Å². The number of halogens is 2. The maximum Gasteiger partial charge on any atom is 0.271 e. The van der Waals surface area contributed by atoms with Crippen LogP contribution in [-0.4, -0.2) is 31.2 Å². The van der Waals surface area contributed by atoms with Crippen molar-refractivity contribution in [1.82, 2.24) is 5.43 Å². The molecule has 0 aliphatic carbocycles. The van der Waals surface area contributed by atoms with Crippen LogP contribution in [0.2, 0.25) is 10.0 Å². The molecule has 0 heterocycles. The van der Waals surface area contributed by atoms with Gasteiger partial charge in [-0.3, -0.25) is 19.2 Å². The Balaban J connectivity index is 1.72. The number of nitro benzene ring substituents is 1. The van der Waals surface area contributed by atoms with Gasteiger partial charge in [-0.05, 0) is 54.4 Å². The monoisotopic (exact) mass is 534 g/mol. The molecule has 1 amide bonds. The molecule has 0 aromatic heterocycles. The minimum Gasteiger partial charge on any atom is -0.267 e. The summed E-state index contributed by atoms with van der Waals surface area (Å²) in [6, 6.07) is 16.8. The average molecular weight is 535 g/mol. The summed E-state index contributed by atoms with van der Waals surface area (Å²) >= 11 is 12.3. The van der Waals surface area contributed by atoms with Crippen molar-refractivity contribution in [3.63, 3.8) is 0 Å². The summed E-state index contributed by atoms with van der Waals surface area (Å²) in [4.78, 5) is 22.7. The number of non-ortho nitro benzene ring substituents is 1. The second kappa shape index (κ2) is 10.9. The van der Waals surface area contributed by atoms with Crippen molar-refractivity contribution in [3.05, 3.63) is 104 Å². The Morgan fingerprint density at radius 3 is 2.20 bits per heavy atom. The molecule has 0 saturated carbocycles. The summed E-state index contributed by atoms with van der Waals surface area (Å²) in [5, 5.41) is 15.2. The zero-order valence-electron chi connectivity index (χ0n) is 18.6. The number of hydrogen-bond donors (Lipinski definition) is 1. The van der Waals surface area contributed by atoms with Crippen molar-refractivity contribution < 1.29 is 18.1 Å². The third-order valence-corrected chi connectivity index (χ3v) is 6.90. The number of amides is 1. The Morgan fingerprint density at radius 1 is 1.03 bits per heavy atom. The van der Waals surface area contributed by atoms with Crippen LogP contribution in [0.15, 0.2) is 71.8 Å². The number of nitro groups is 1. The van der Waals surface area contributed by atoms with E-state index in [0.29, 0.717) is 22.4 Å². The van der Waals surface area contributed by atoms with Gasteiger partial charge >= 0.3 is 0 Å². The lowest BCUT2D eigenvalue weighted by molar-refractivity contribution is -0.384. The number of carbonyl (C=O) groups is 1. The summed E-state index contributed by atoms with van der Waals surface area (Å²) in [6.45, 7) is 1.64. The predicted molar refractivity (Wildman–Crippen MR) is 137 cm³/mol. The normalized spacial score (nSPS) is 11.7. The fourth-order valence-electron chi connectivity index (χ4n) is 3.08. The van der Waals surface area contributed by atoms with Crippen LogP contribution < -0.4 is 9.73 Å². The predicted octanol–water partition coefficient (Wildman–Crippen LogP) is 5.02. The Labute approximate surface area is 212 Å². The van der Waals surface area contributed by atoms with Crippen LogP contribution in [0.4, 0.5) is 11.4 Å². The smallest absolute Gasteiger partial charge is 0.267 e. The van der Waals surface area contributed by atoms with Gasteiger partial charge in [0.2, 0.25) is 10.0 Å². The fourth-order valence-corrected chi connectivity index (χ4v) is 4.42. The third kappa shape index (κ3) is 6.56. The molecular weight excluding hydrogens is 515 g/mol. The van der Waals surface area contributed by atoms with Gasteiger partial charge in [0, 0.05) is 17.7 Å². The van der Waals surface area contributed by atoms with E-state index < -0.39 is 20.9 Å². The summed E-state index contributed by atoms with van der Waals surface area (Å²) in [6.07, 6.45) is 1.07. The number of rotatable bonds is 8. The van der Waals surface area contributed by atoms with Gasteiger partial charge in [-0.2, -0.15) is 5.10 Å². The number of anilines is 1. The van der Waals surface area contributed by atoms with Crippen LogP contribution in [0.3, 0.4) is 0 Å². The molecule has 182 valence electrons. The van der Waals surface area contributed by atoms with E-state index in [4.69, 9.17) is 23.2 Å². The molecule has 0 spiro atoms. The first kappa shape index (κ1) is 26.1. The highest BCUT2D eigenvalue weighted by Gasteiger charge is 2.21. The maximum absolute atomic E-state index is 12.5. The topological polar surface area (TPSA) is 122 Å². The van der Waals surface area contributed by atoms with E-state index in [2.05, 4.69) is 10.5 Å². The van der Waals surface area contributed by atoms with Crippen LogP contribution in [-0.2, 0) is 16.6 Å². The lowest BCUT2D eigenvalue weighted by Crippen LogP contribution is -2.29. The number of sulfonamides is 1. The molecule has 0 atom stereocenters. The highest BCUT2D eigenvalue weighted by molar-refractivity contribution is 7.92. The van der Waals surface area contributed by atoms with E-state index in [1.54, 1.807) is 49.4 Å². The fraction of sp³-hybridized carbons (Fsp3) is 0.130. The second-order valence-electron chi connectivity index (χ2n) is 7.48. The number of hydrogen-bond acceptors (Lipinski definition) is 6. The van der Waals surface area contributed by atoms with Crippen molar-refractivity contribution in [3.8, 4) is 0 Å². The van der Waals surface area contributed by atoms with Crippen molar-refractivity contribution in [2.45, 2.75) is 13.5 Å². The van der Waals surface area contributed by atoms with Crippen LogP contribution in [0.1, 0.15) is 28.4 Å². The molecule has 35 heavy (non-hydrogen) atoms. The number of benzene rings is 3. The molecule has 12 heteroatoms. The van der Waals surface area contributed by atoms with Gasteiger partial charge in [-0.1, -0.05) is 41.4 Å². The van der Waals surface area contributed by atoms with Gasteiger partial charge in [0.05, 0.1) is 39.2 Å². The number of hydrazone groups is 1. The summed E-state index contributed by atoms with van der Waals surface area (Å²) in [7, 11) is -3.68. The molecule has 0 radical (unpaired) electrons. The SMILES string of the molecule is C/C(=N/NC(=O)c1ccc(CN(c2cccc(Cl)c2Cl)S(C)(=O)=O)cc1)c1ccc([N+](=O)[O-])cc1. The quantitative estimate of drug-likeness (QED) is 0.247. The Bertz CT molecular complexity index is 1390. The molecule has 9 nitrogen and oxygen atoms in total. The van der Waals surface area contributed by atoms with Crippen molar-refractivity contribution in [1.29, 1.82) is 0 Å². The van der Waals surface area contributed by atoms with Gasteiger partial charge in [0.1, 0.15) is 0 Å². The zero-order chi connectivity index (χ0) is 25.8. The lowest BCUT2D eigenvalue weighted by Gasteiger charge is -2.24. The highest BCUT2D eigenvalue weighted by atomic mass is 35.5. The number of nitrogens with zero attached hydrogens (tertiary/aromatic N) is 3. The Kier molecular flexibility index (Phi) is 8.11.